The van der Waals surface area contributed by atoms with Crippen LogP contribution in [0.3, 0.4) is 0 Å². The smallest absolute Gasteiger partial charge is 0.358 e. The van der Waals surface area contributed by atoms with Crippen LogP contribution in [-0.2, 0) is 10.0 Å². The van der Waals surface area contributed by atoms with E-state index in [0.29, 0.717) is 0 Å². The topological polar surface area (TPSA) is 179 Å². The summed E-state index contributed by atoms with van der Waals surface area (Å²) in [5, 5.41) is 20.9. The minimum atomic E-state index is -4.30. The lowest BCUT2D eigenvalue weighted by molar-refractivity contribution is 0.0686. The lowest BCUT2D eigenvalue weighted by Gasteiger charge is -2.13. The normalized spacial score (nSPS) is 11.0. The van der Waals surface area contributed by atoms with Crippen LogP contribution in [0.5, 0.6) is 5.75 Å². The van der Waals surface area contributed by atoms with Crippen LogP contribution >= 0.6 is 11.6 Å². The van der Waals surface area contributed by atoms with Crippen LogP contribution in [0.25, 0.3) is 11.4 Å². The fraction of sp³-hybridized carbons (Fsp3) is 0. The molecule has 2 amide bonds. The molecule has 31 heavy (non-hydrogen) atoms. The minimum Gasteiger partial charge on any atom is -0.501 e. The van der Waals surface area contributed by atoms with Crippen LogP contribution in [0.2, 0.25) is 5.02 Å². The Labute approximate surface area is 179 Å². The van der Waals surface area contributed by atoms with Gasteiger partial charge in [-0.25, -0.2) is 27.7 Å². The van der Waals surface area contributed by atoms with E-state index in [1.165, 1.54) is 48.5 Å². The van der Waals surface area contributed by atoms with Crippen molar-refractivity contribution in [2.75, 3.05) is 5.32 Å². The number of halogens is 1. The molecule has 0 aliphatic heterocycles. The molecule has 0 aliphatic rings. The van der Waals surface area contributed by atoms with Gasteiger partial charge in [0.15, 0.2) is 5.69 Å². The maximum absolute atomic E-state index is 12.4. The number of nitrogens with one attached hydrogen (secondary N) is 3. The second kappa shape index (κ2) is 8.45. The Morgan fingerprint density at radius 1 is 1.06 bits per heavy atom. The lowest BCUT2D eigenvalue weighted by Crippen LogP contribution is -2.34. The summed E-state index contributed by atoms with van der Waals surface area (Å²) in [5.74, 6) is -2.99. The second-order valence-electron chi connectivity index (χ2n) is 5.95. The van der Waals surface area contributed by atoms with Crippen LogP contribution in [0, 0.1) is 0 Å². The Hall–Kier alpha value is -3.90. The third-order valence-electron chi connectivity index (χ3n) is 3.88. The predicted molar refractivity (Wildman–Crippen MR) is 110 cm³/mol. The number of para-hydroxylation sites is 1. The van der Waals surface area contributed by atoms with Gasteiger partial charge in [0.25, 0.3) is 15.6 Å². The number of carboxylic acids is 1. The zero-order valence-corrected chi connectivity index (χ0v) is 16.9. The number of benzene rings is 2. The van der Waals surface area contributed by atoms with Crippen molar-refractivity contribution >= 4 is 39.3 Å². The number of H-pyrrole nitrogens is 1. The third-order valence-corrected chi connectivity index (χ3v) is 5.71. The Morgan fingerprint density at radius 3 is 2.39 bits per heavy atom. The van der Waals surface area contributed by atoms with Gasteiger partial charge in [0.2, 0.25) is 5.75 Å². The van der Waals surface area contributed by atoms with Crippen molar-refractivity contribution < 1.29 is 28.2 Å². The summed E-state index contributed by atoms with van der Waals surface area (Å²) in [6.45, 7) is 0. The third kappa shape index (κ3) is 4.65. The number of hydrogen-bond donors (Lipinski definition) is 5. The van der Waals surface area contributed by atoms with Gasteiger partial charge < -0.3 is 20.5 Å². The first-order valence-corrected chi connectivity index (χ1v) is 10.2. The first-order chi connectivity index (χ1) is 14.6. The standard InChI is InChI=1S/C18H13ClN4O7S/c19-10-6-2-4-8-12(10)31(29,30)23-18(28)20-11-7-3-1-5-9(11)15-21-13(17(26)27)14(24)16(25)22-15/h1-8,24H,(H,26,27)(H2,20,23,28)(H,21,22,25). The highest BCUT2D eigenvalue weighted by Gasteiger charge is 2.22. The van der Waals surface area contributed by atoms with Gasteiger partial charge in [-0.1, -0.05) is 35.9 Å². The van der Waals surface area contributed by atoms with Crippen LogP contribution < -0.4 is 15.6 Å². The summed E-state index contributed by atoms with van der Waals surface area (Å²) in [7, 11) is -4.30. The summed E-state index contributed by atoms with van der Waals surface area (Å²) >= 11 is 5.86. The molecule has 0 atom stereocenters. The van der Waals surface area contributed by atoms with E-state index in [0.717, 1.165) is 0 Å². The zero-order valence-electron chi connectivity index (χ0n) is 15.3. The van der Waals surface area contributed by atoms with E-state index in [2.05, 4.69) is 15.3 Å². The number of carbonyl (C=O) groups is 2. The van der Waals surface area contributed by atoms with Crippen LogP contribution in [0.4, 0.5) is 10.5 Å². The summed E-state index contributed by atoms with van der Waals surface area (Å²) < 4.78 is 26.6. The number of hydrogen-bond acceptors (Lipinski definition) is 7. The Balaban J connectivity index is 1.93. The molecule has 0 saturated heterocycles. The van der Waals surface area contributed by atoms with Crippen LogP contribution in [0.15, 0.2) is 58.2 Å². The van der Waals surface area contributed by atoms with E-state index in [9.17, 15) is 27.9 Å². The van der Waals surface area contributed by atoms with Crippen molar-refractivity contribution in [1.29, 1.82) is 0 Å². The molecule has 0 fully saturated rings. The number of amides is 2. The molecule has 0 aliphatic carbocycles. The fourth-order valence-electron chi connectivity index (χ4n) is 2.53. The van der Waals surface area contributed by atoms with E-state index in [1.807, 2.05) is 0 Å². The maximum Gasteiger partial charge on any atom is 0.358 e. The molecular weight excluding hydrogens is 452 g/mol. The van der Waals surface area contributed by atoms with Crippen molar-refractivity contribution in [2.45, 2.75) is 4.90 Å². The van der Waals surface area contributed by atoms with Gasteiger partial charge in [-0.2, -0.15) is 0 Å². The predicted octanol–water partition coefficient (Wildman–Crippen LogP) is 2.00. The highest BCUT2D eigenvalue weighted by atomic mass is 35.5. The molecule has 0 unspecified atom stereocenters. The number of sulfonamides is 1. The van der Waals surface area contributed by atoms with Gasteiger partial charge in [0.1, 0.15) is 10.7 Å². The molecule has 0 bridgehead atoms. The van der Waals surface area contributed by atoms with Crippen LogP contribution in [-0.4, -0.2) is 40.6 Å². The molecule has 0 spiro atoms. The average Bonchev–Trinajstić information content (AvgIpc) is 2.70. The molecule has 3 aromatic rings. The molecule has 160 valence electrons. The van der Waals surface area contributed by atoms with Gasteiger partial charge in [-0.3, -0.25) is 4.79 Å². The minimum absolute atomic E-state index is 0.000429. The van der Waals surface area contributed by atoms with Gasteiger partial charge in [-0.15, -0.1) is 0 Å². The number of carbonyl (C=O) groups excluding carboxylic acids is 1. The van der Waals surface area contributed by atoms with E-state index in [1.54, 1.807) is 4.72 Å². The average molecular weight is 465 g/mol. The number of urea groups is 1. The molecule has 0 radical (unpaired) electrons. The molecule has 0 saturated carbocycles. The van der Waals surface area contributed by atoms with E-state index < -0.39 is 39.0 Å². The first kappa shape index (κ1) is 21.8. The highest BCUT2D eigenvalue weighted by molar-refractivity contribution is 7.90. The summed E-state index contributed by atoms with van der Waals surface area (Å²) in [4.78, 5) is 41.0. The number of aromatic carboxylic acids is 1. The SMILES string of the molecule is O=C(Nc1ccccc1-c1nc(C(=O)O)c(O)c(=O)[nH]1)NS(=O)(=O)c1ccccc1Cl. The Bertz CT molecular complexity index is 1360. The molecule has 5 N–H and O–H groups in total. The van der Waals surface area contributed by atoms with Gasteiger partial charge in [-0.05, 0) is 24.3 Å². The van der Waals surface area contributed by atoms with Crippen molar-refractivity contribution in [2.24, 2.45) is 0 Å². The molecule has 13 heteroatoms. The van der Waals surface area contributed by atoms with E-state index in [4.69, 9.17) is 16.7 Å². The summed E-state index contributed by atoms with van der Waals surface area (Å²) in [5.41, 5.74) is -1.94. The monoisotopic (exact) mass is 464 g/mol. The van der Waals surface area contributed by atoms with Crippen molar-refractivity contribution in [3.05, 3.63) is 69.6 Å². The fourth-order valence-corrected chi connectivity index (χ4v) is 3.96. The number of rotatable bonds is 5. The lowest BCUT2D eigenvalue weighted by atomic mass is 10.1. The largest absolute Gasteiger partial charge is 0.501 e. The number of anilines is 1. The van der Waals surface area contributed by atoms with Gasteiger partial charge >= 0.3 is 12.0 Å². The molecular formula is C18H13ClN4O7S. The maximum atomic E-state index is 12.4. The summed E-state index contributed by atoms with van der Waals surface area (Å²) in [6.07, 6.45) is 0. The van der Waals surface area contributed by atoms with Crippen molar-refractivity contribution in [3.8, 4) is 17.1 Å². The van der Waals surface area contributed by atoms with Crippen molar-refractivity contribution in [3.63, 3.8) is 0 Å². The van der Waals surface area contributed by atoms with Crippen LogP contribution in [0.1, 0.15) is 10.5 Å². The number of aromatic hydroxyl groups is 1. The number of carboxylic acid groups (broad SMARTS) is 1. The van der Waals surface area contributed by atoms with E-state index >= 15 is 0 Å². The highest BCUT2D eigenvalue weighted by Crippen LogP contribution is 2.26. The second-order valence-corrected chi connectivity index (χ2v) is 8.01. The molecule has 1 aromatic heterocycles. The number of aromatic amines is 1. The Morgan fingerprint density at radius 2 is 1.71 bits per heavy atom. The van der Waals surface area contributed by atoms with Gasteiger partial charge in [0.05, 0.1) is 10.7 Å². The quantitative estimate of drug-likeness (QED) is 0.380. The summed E-state index contributed by atoms with van der Waals surface area (Å²) in [6, 6.07) is 10.1. The number of nitrogens with zero attached hydrogens (tertiary/aromatic N) is 1. The Kier molecular flexibility index (Phi) is 5.95. The zero-order chi connectivity index (χ0) is 22.8. The molecule has 1 heterocycles. The molecule has 3 rings (SSSR count). The molecule has 2 aromatic carbocycles. The van der Waals surface area contributed by atoms with Crippen molar-refractivity contribution in [1.82, 2.24) is 14.7 Å². The molecule has 11 nitrogen and oxygen atoms in total. The first-order valence-electron chi connectivity index (χ1n) is 8.34. The van der Waals surface area contributed by atoms with E-state index in [-0.39, 0.29) is 27.0 Å². The van der Waals surface area contributed by atoms with Gasteiger partial charge in [0, 0.05) is 5.56 Å². The number of aromatic nitrogens is 2.